The van der Waals surface area contributed by atoms with Gasteiger partial charge < -0.3 is 20.1 Å². The molecular formula is C20H36IN3O2. The topological polar surface area (TPSA) is 54.9 Å². The van der Waals surface area contributed by atoms with Crippen LogP contribution in [-0.2, 0) is 22.6 Å². The van der Waals surface area contributed by atoms with Crippen molar-refractivity contribution in [1.29, 1.82) is 0 Å². The normalized spacial score (nSPS) is 11.3. The number of hydrogen-bond acceptors (Lipinski definition) is 3. The van der Waals surface area contributed by atoms with E-state index in [1.165, 1.54) is 17.5 Å². The fourth-order valence-electron chi connectivity index (χ4n) is 2.15. The zero-order valence-electron chi connectivity index (χ0n) is 16.7. The summed E-state index contributed by atoms with van der Waals surface area (Å²) in [6, 6.07) is 8.48. The highest BCUT2D eigenvalue weighted by molar-refractivity contribution is 14.0. The van der Waals surface area contributed by atoms with E-state index in [-0.39, 0.29) is 30.1 Å². The summed E-state index contributed by atoms with van der Waals surface area (Å²) in [5.41, 5.74) is 2.42. The summed E-state index contributed by atoms with van der Waals surface area (Å²) in [5, 5.41) is 6.65. The molecule has 0 fully saturated rings. The number of ether oxygens (including phenoxy) is 2. The van der Waals surface area contributed by atoms with Crippen molar-refractivity contribution in [2.45, 2.75) is 59.3 Å². The summed E-state index contributed by atoms with van der Waals surface area (Å²) < 4.78 is 11.2. The monoisotopic (exact) mass is 477 g/mol. The maximum absolute atomic E-state index is 5.61. The van der Waals surface area contributed by atoms with Crippen LogP contribution in [0.25, 0.3) is 0 Å². The molecule has 1 aromatic carbocycles. The van der Waals surface area contributed by atoms with Crippen LogP contribution >= 0.6 is 24.0 Å². The van der Waals surface area contributed by atoms with Crippen LogP contribution in [0.4, 0.5) is 0 Å². The number of unbranched alkanes of at least 4 members (excludes halogenated alkanes) is 1. The van der Waals surface area contributed by atoms with Gasteiger partial charge in [-0.25, -0.2) is 0 Å². The second kappa shape index (κ2) is 16.3. The molecule has 0 aliphatic rings. The smallest absolute Gasteiger partial charge is 0.191 e. The standard InChI is InChI=1S/C20H35N3O2.HI/c1-5-6-13-24-14-7-12-22-20(21-4)23-15-18-8-10-19(11-9-18)16-25-17(2)3;/h8-11,17H,5-7,12-16H2,1-4H3,(H2,21,22,23);1H. The second-order valence-electron chi connectivity index (χ2n) is 6.35. The predicted octanol–water partition coefficient (Wildman–Crippen LogP) is 4.10. The van der Waals surface area contributed by atoms with Gasteiger partial charge in [-0.05, 0) is 37.8 Å². The Bertz CT molecular complexity index is 478. The molecule has 0 aliphatic heterocycles. The molecule has 0 bridgehead atoms. The van der Waals surface area contributed by atoms with Crippen molar-refractivity contribution in [3.05, 3.63) is 35.4 Å². The van der Waals surface area contributed by atoms with Crippen molar-refractivity contribution < 1.29 is 9.47 Å². The fraction of sp³-hybridized carbons (Fsp3) is 0.650. The Kier molecular flexibility index (Phi) is 15.8. The molecule has 0 heterocycles. The van der Waals surface area contributed by atoms with E-state index in [9.17, 15) is 0 Å². The van der Waals surface area contributed by atoms with E-state index in [1.807, 2.05) is 13.8 Å². The molecule has 2 N–H and O–H groups in total. The summed E-state index contributed by atoms with van der Waals surface area (Å²) in [6.45, 7) is 10.2. The Labute approximate surface area is 176 Å². The van der Waals surface area contributed by atoms with E-state index >= 15 is 0 Å². The van der Waals surface area contributed by atoms with Gasteiger partial charge in [0.2, 0.25) is 0 Å². The molecule has 26 heavy (non-hydrogen) atoms. The SMILES string of the molecule is CCCCOCCCNC(=NC)NCc1ccc(COC(C)C)cc1.I. The quantitative estimate of drug-likeness (QED) is 0.206. The maximum Gasteiger partial charge on any atom is 0.191 e. The minimum atomic E-state index is 0. The van der Waals surface area contributed by atoms with E-state index in [0.29, 0.717) is 6.61 Å². The van der Waals surface area contributed by atoms with Gasteiger partial charge in [0.15, 0.2) is 5.96 Å². The van der Waals surface area contributed by atoms with E-state index in [1.54, 1.807) is 7.05 Å². The molecule has 0 saturated heterocycles. The summed E-state index contributed by atoms with van der Waals surface area (Å²) in [5.74, 6) is 0.820. The van der Waals surface area contributed by atoms with Crippen molar-refractivity contribution in [2.75, 3.05) is 26.8 Å². The van der Waals surface area contributed by atoms with Gasteiger partial charge in [0.25, 0.3) is 0 Å². The Morgan fingerprint density at radius 3 is 2.31 bits per heavy atom. The molecule has 0 spiro atoms. The molecule has 5 nitrogen and oxygen atoms in total. The van der Waals surface area contributed by atoms with Gasteiger partial charge in [0.05, 0.1) is 12.7 Å². The maximum atomic E-state index is 5.61. The first-order valence-electron chi connectivity index (χ1n) is 9.37. The summed E-state index contributed by atoms with van der Waals surface area (Å²) in [6.07, 6.45) is 3.56. The molecule has 150 valence electrons. The van der Waals surface area contributed by atoms with E-state index in [4.69, 9.17) is 9.47 Å². The van der Waals surface area contributed by atoms with Gasteiger partial charge in [0, 0.05) is 33.4 Å². The third-order valence-electron chi connectivity index (χ3n) is 3.69. The molecule has 0 unspecified atom stereocenters. The first-order chi connectivity index (χ1) is 12.2. The van der Waals surface area contributed by atoms with E-state index in [0.717, 1.165) is 45.1 Å². The number of hydrogen-bond donors (Lipinski definition) is 2. The summed E-state index contributed by atoms with van der Waals surface area (Å²) in [4.78, 5) is 4.25. The van der Waals surface area contributed by atoms with E-state index < -0.39 is 0 Å². The Balaban J connectivity index is 0.00000625. The zero-order chi connectivity index (χ0) is 18.3. The molecule has 6 heteroatoms. The van der Waals surface area contributed by atoms with Gasteiger partial charge >= 0.3 is 0 Å². The molecule has 0 atom stereocenters. The molecule has 0 amide bonds. The van der Waals surface area contributed by atoms with Gasteiger partial charge in [-0.15, -0.1) is 24.0 Å². The minimum absolute atomic E-state index is 0. The Hall–Kier alpha value is -0.860. The number of nitrogens with zero attached hydrogens (tertiary/aromatic N) is 1. The number of benzene rings is 1. The first kappa shape index (κ1) is 25.1. The highest BCUT2D eigenvalue weighted by Crippen LogP contribution is 2.07. The van der Waals surface area contributed by atoms with Crippen molar-refractivity contribution >= 4 is 29.9 Å². The lowest BCUT2D eigenvalue weighted by Gasteiger charge is -2.12. The van der Waals surface area contributed by atoms with Crippen LogP contribution < -0.4 is 10.6 Å². The lowest BCUT2D eigenvalue weighted by molar-refractivity contribution is 0.0657. The number of rotatable bonds is 12. The van der Waals surface area contributed by atoms with Crippen molar-refractivity contribution in [3.63, 3.8) is 0 Å². The van der Waals surface area contributed by atoms with Gasteiger partial charge in [-0.2, -0.15) is 0 Å². The van der Waals surface area contributed by atoms with Gasteiger partial charge in [-0.3, -0.25) is 4.99 Å². The fourth-order valence-corrected chi connectivity index (χ4v) is 2.15. The predicted molar refractivity (Wildman–Crippen MR) is 120 cm³/mol. The molecular weight excluding hydrogens is 441 g/mol. The van der Waals surface area contributed by atoms with Crippen molar-refractivity contribution in [1.82, 2.24) is 10.6 Å². The van der Waals surface area contributed by atoms with Crippen molar-refractivity contribution in [2.24, 2.45) is 4.99 Å². The lowest BCUT2D eigenvalue weighted by Crippen LogP contribution is -2.37. The second-order valence-corrected chi connectivity index (χ2v) is 6.35. The van der Waals surface area contributed by atoms with Crippen LogP contribution in [0.2, 0.25) is 0 Å². The minimum Gasteiger partial charge on any atom is -0.381 e. The number of halogens is 1. The number of guanidine groups is 1. The average Bonchev–Trinajstić information content (AvgIpc) is 2.62. The Morgan fingerprint density at radius 2 is 1.69 bits per heavy atom. The van der Waals surface area contributed by atoms with Gasteiger partial charge in [-0.1, -0.05) is 37.6 Å². The number of aliphatic imine (C=N–C) groups is 1. The van der Waals surface area contributed by atoms with Crippen LogP contribution in [0.5, 0.6) is 0 Å². The molecule has 0 saturated carbocycles. The largest absolute Gasteiger partial charge is 0.381 e. The Morgan fingerprint density at radius 1 is 1.04 bits per heavy atom. The van der Waals surface area contributed by atoms with Crippen LogP contribution in [0.3, 0.4) is 0 Å². The van der Waals surface area contributed by atoms with E-state index in [2.05, 4.69) is 46.8 Å². The summed E-state index contributed by atoms with van der Waals surface area (Å²) >= 11 is 0. The summed E-state index contributed by atoms with van der Waals surface area (Å²) in [7, 11) is 1.79. The highest BCUT2D eigenvalue weighted by Gasteiger charge is 2.00. The molecule has 0 aromatic heterocycles. The third kappa shape index (κ3) is 12.5. The lowest BCUT2D eigenvalue weighted by atomic mass is 10.1. The third-order valence-corrected chi connectivity index (χ3v) is 3.69. The molecule has 0 radical (unpaired) electrons. The molecule has 1 rings (SSSR count). The van der Waals surface area contributed by atoms with Crippen LogP contribution in [0.1, 0.15) is 51.2 Å². The number of nitrogens with one attached hydrogen (secondary N) is 2. The van der Waals surface area contributed by atoms with Crippen LogP contribution in [-0.4, -0.2) is 38.9 Å². The van der Waals surface area contributed by atoms with Crippen LogP contribution in [0, 0.1) is 0 Å². The van der Waals surface area contributed by atoms with Crippen LogP contribution in [0.15, 0.2) is 29.3 Å². The highest BCUT2D eigenvalue weighted by atomic mass is 127. The average molecular weight is 477 g/mol. The van der Waals surface area contributed by atoms with Gasteiger partial charge in [0.1, 0.15) is 0 Å². The van der Waals surface area contributed by atoms with Crippen molar-refractivity contribution in [3.8, 4) is 0 Å². The molecule has 0 aliphatic carbocycles. The zero-order valence-corrected chi connectivity index (χ0v) is 19.0. The first-order valence-corrected chi connectivity index (χ1v) is 9.37. The molecule has 1 aromatic rings.